The number of methoxy groups -OCH3 is 1. The summed E-state index contributed by atoms with van der Waals surface area (Å²) in [4.78, 5) is 16.5. The summed E-state index contributed by atoms with van der Waals surface area (Å²) in [5.74, 6) is 1.36. The number of aromatic nitrogens is 1. The van der Waals surface area contributed by atoms with E-state index in [1.54, 1.807) is 12.0 Å². The van der Waals surface area contributed by atoms with Gasteiger partial charge in [-0.15, -0.1) is 0 Å². The topological polar surface area (TPSA) is 49.7 Å². The van der Waals surface area contributed by atoms with Crippen molar-refractivity contribution in [3.05, 3.63) is 48.3 Å². The molecule has 1 fully saturated rings. The van der Waals surface area contributed by atoms with Gasteiger partial charge in [-0.25, -0.2) is 4.79 Å². The number of amides is 2. The minimum Gasteiger partial charge on any atom is -0.495 e. The number of carbonyl (C=O) groups is 1. The highest BCUT2D eigenvalue weighted by Crippen LogP contribution is 2.31. The molecule has 2 aromatic rings. The van der Waals surface area contributed by atoms with Crippen molar-refractivity contribution in [3.63, 3.8) is 0 Å². The Morgan fingerprint density at radius 2 is 2.15 bits per heavy atom. The monoisotopic (exact) mass is 370 g/mol. The summed E-state index contributed by atoms with van der Waals surface area (Å²) in [5.41, 5.74) is 2.28. The molecule has 6 heteroatoms. The molecule has 0 bridgehead atoms. The Bertz CT molecular complexity index is 758. The van der Waals surface area contributed by atoms with Crippen LogP contribution in [0.1, 0.15) is 18.9 Å². The van der Waals surface area contributed by atoms with Gasteiger partial charge in [0.2, 0.25) is 0 Å². The summed E-state index contributed by atoms with van der Waals surface area (Å²) in [7, 11) is 3.55. The number of benzene rings is 1. The number of urea groups is 1. The molecule has 1 aliphatic heterocycles. The van der Waals surface area contributed by atoms with Crippen molar-refractivity contribution in [2.24, 2.45) is 5.92 Å². The highest BCUT2D eigenvalue weighted by molar-refractivity contribution is 5.73. The summed E-state index contributed by atoms with van der Waals surface area (Å²) in [6.07, 6.45) is 5.21. The van der Waals surface area contributed by atoms with Crippen molar-refractivity contribution >= 4 is 11.7 Å². The number of carbonyl (C=O) groups excluding carboxylic acids is 1. The second-order valence-electron chi connectivity index (χ2n) is 7.16. The number of ether oxygens (including phenoxy) is 1. The molecule has 3 rings (SSSR count). The molecule has 146 valence electrons. The van der Waals surface area contributed by atoms with Crippen LogP contribution in [0.4, 0.5) is 10.5 Å². The fourth-order valence-corrected chi connectivity index (χ4v) is 3.60. The first-order valence-corrected chi connectivity index (χ1v) is 9.62. The largest absolute Gasteiger partial charge is 0.495 e. The number of anilines is 1. The van der Waals surface area contributed by atoms with Gasteiger partial charge in [0.15, 0.2) is 0 Å². The van der Waals surface area contributed by atoms with Gasteiger partial charge in [0.05, 0.1) is 12.8 Å². The quantitative estimate of drug-likeness (QED) is 0.814. The van der Waals surface area contributed by atoms with Gasteiger partial charge in [0.25, 0.3) is 0 Å². The van der Waals surface area contributed by atoms with Crippen molar-refractivity contribution in [2.45, 2.75) is 26.4 Å². The van der Waals surface area contributed by atoms with Crippen LogP contribution in [0.15, 0.2) is 42.7 Å². The molecule has 1 aromatic heterocycles. The molecule has 1 saturated heterocycles. The average molecular weight is 370 g/mol. The first-order chi connectivity index (χ1) is 13.1. The van der Waals surface area contributed by atoms with Gasteiger partial charge >= 0.3 is 6.03 Å². The number of nitrogens with zero attached hydrogens (tertiary/aromatic N) is 3. The summed E-state index contributed by atoms with van der Waals surface area (Å²) >= 11 is 0. The molecule has 1 unspecified atom stereocenters. The third-order valence-corrected chi connectivity index (χ3v) is 5.20. The lowest BCUT2D eigenvalue weighted by Crippen LogP contribution is -2.39. The molecule has 0 radical (unpaired) electrons. The smallest absolute Gasteiger partial charge is 0.317 e. The van der Waals surface area contributed by atoms with E-state index in [0.717, 1.165) is 43.1 Å². The molecule has 6 nitrogen and oxygen atoms in total. The molecule has 1 atom stereocenters. The highest BCUT2D eigenvalue weighted by atomic mass is 16.5. The van der Waals surface area contributed by atoms with E-state index < -0.39 is 0 Å². The number of hydrogen-bond donors (Lipinski definition) is 1. The summed E-state index contributed by atoms with van der Waals surface area (Å²) in [5, 5.41) is 3.09. The van der Waals surface area contributed by atoms with E-state index in [2.05, 4.69) is 40.0 Å². The zero-order chi connectivity index (χ0) is 19.2. The molecule has 0 spiro atoms. The zero-order valence-corrected chi connectivity index (χ0v) is 16.5. The fraction of sp³-hybridized carbons (Fsp3) is 0.476. The molecule has 1 N–H and O–H groups in total. The van der Waals surface area contributed by atoms with Crippen molar-refractivity contribution in [2.75, 3.05) is 38.7 Å². The van der Waals surface area contributed by atoms with Crippen LogP contribution in [0.2, 0.25) is 0 Å². The van der Waals surface area contributed by atoms with Crippen LogP contribution in [0.3, 0.4) is 0 Å². The SMILES string of the molecule is CCn1ccc(CN(C)C(=O)NCC2CCN(c3ccccc3OC)C2)c1. The molecule has 1 aliphatic rings. The number of hydrogen-bond acceptors (Lipinski definition) is 3. The minimum absolute atomic E-state index is 0.0185. The van der Waals surface area contributed by atoms with Gasteiger partial charge in [0.1, 0.15) is 5.75 Å². The van der Waals surface area contributed by atoms with Crippen LogP contribution < -0.4 is 15.0 Å². The lowest BCUT2D eigenvalue weighted by Gasteiger charge is -2.22. The van der Waals surface area contributed by atoms with E-state index in [1.165, 1.54) is 0 Å². The maximum absolute atomic E-state index is 12.4. The zero-order valence-electron chi connectivity index (χ0n) is 16.5. The van der Waals surface area contributed by atoms with Crippen LogP contribution in [-0.2, 0) is 13.1 Å². The molecule has 1 aromatic carbocycles. The first kappa shape index (κ1) is 19.1. The Balaban J connectivity index is 1.46. The maximum Gasteiger partial charge on any atom is 0.317 e. The summed E-state index contributed by atoms with van der Waals surface area (Å²) in [6, 6.07) is 10.2. The first-order valence-electron chi connectivity index (χ1n) is 9.62. The van der Waals surface area contributed by atoms with Crippen molar-refractivity contribution in [1.29, 1.82) is 0 Å². The number of aryl methyl sites for hydroxylation is 1. The predicted octanol–water partition coefficient (Wildman–Crippen LogP) is 3.18. The number of para-hydroxylation sites is 2. The second-order valence-corrected chi connectivity index (χ2v) is 7.16. The molecule has 27 heavy (non-hydrogen) atoms. The van der Waals surface area contributed by atoms with Gasteiger partial charge in [-0.3, -0.25) is 0 Å². The lowest BCUT2D eigenvalue weighted by molar-refractivity contribution is 0.205. The molecule has 0 aliphatic carbocycles. The van der Waals surface area contributed by atoms with Crippen molar-refractivity contribution in [1.82, 2.24) is 14.8 Å². The number of rotatable bonds is 7. The van der Waals surface area contributed by atoms with Crippen molar-refractivity contribution < 1.29 is 9.53 Å². The van der Waals surface area contributed by atoms with Gasteiger partial charge in [-0.05, 0) is 43.0 Å². The van der Waals surface area contributed by atoms with Crippen LogP contribution in [0.5, 0.6) is 5.75 Å². The molecule has 0 saturated carbocycles. The van der Waals surface area contributed by atoms with Crippen LogP contribution in [-0.4, -0.2) is 49.3 Å². The Kier molecular flexibility index (Phi) is 6.27. The van der Waals surface area contributed by atoms with Crippen molar-refractivity contribution in [3.8, 4) is 5.75 Å². The average Bonchev–Trinajstić information content (AvgIpc) is 3.35. The van der Waals surface area contributed by atoms with Gasteiger partial charge in [0, 0.05) is 52.2 Å². The summed E-state index contributed by atoms with van der Waals surface area (Å²) < 4.78 is 7.59. The van der Waals surface area contributed by atoms with E-state index in [0.29, 0.717) is 19.0 Å². The minimum atomic E-state index is -0.0185. The lowest BCUT2D eigenvalue weighted by atomic mass is 10.1. The van der Waals surface area contributed by atoms with Gasteiger partial charge < -0.3 is 24.4 Å². The van der Waals surface area contributed by atoms with E-state index >= 15 is 0 Å². The Labute approximate surface area is 161 Å². The van der Waals surface area contributed by atoms with Crippen LogP contribution >= 0.6 is 0 Å². The maximum atomic E-state index is 12.4. The predicted molar refractivity (Wildman–Crippen MR) is 108 cm³/mol. The standard InChI is InChI=1S/C21H30N4O2/c1-4-24-11-9-18(15-24)14-23(2)21(26)22-13-17-10-12-25(16-17)19-7-5-6-8-20(19)27-3/h5-9,11,15,17H,4,10,12-14,16H2,1-3H3,(H,22,26). The third-order valence-electron chi connectivity index (χ3n) is 5.20. The van der Waals surface area contributed by atoms with Crippen LogP contribution in [0, 0.1) is 5.92 Å². The Morgan fingerprint density at radius 1 is 1.33 bits per heavy atom. The molecular weight excluding hydrogens is 340 g/mol. The van der Waals surface area contributed by atoms with Gasteiger partial charge in [-0.2, -0.15) is 0 Å². The van der Waals surface area contributed by atoms with E-state index in [1.807, 2.05) is 31.4 Å². The van der Waals surface area contributed by atoms with E-state index in [9.17, 15) is 4.79 Å². The molecule has 2 amide bonds. The summed E-state index contributed by atoms with van der Waals surface area (Å²) in [6.45, 7) is 6.29. The highest BCUT2D eigenvalue weighted by Gasteiger charge is 2.25. The van der Waals surface area contributed by atoms with Crippen LogP contribution in [0.25, 0.3) is 0 Å². The Morgan fingerprint density at radius 3 is 2.89 bits per heavy atom. The molecular formula is C21H30N4O2. The third kappa shape index (κ3) is 4.76. The molecule has 2 heterocycles. The fourth-order valence-electron chi connectivity index (χ4n) is 3.60. The second kappa shape index (κ2) is 8.84. The number of nitrogens with one attached hydrogen (secondary N) is 1. The van der Waals surface area contributed by atoms with E-state index in [4.69, 9.17) is 4.74 Å². The normalized spacial score (nSPS) is 16.4. The van der Waals surface area contributed by atoms with Gasteiger partial charge in [-0.1, -0.05) is 12.1 Å². The van der Waals surface area contributed by atoms with E-state index in [-0.39, 0.29) is 6.03 Å². The Hall–Kier alpha value is -2.63.